The van der Waals surface area contributed by atoms with Crippen LogP contribution in [0.4, 0.5) is 5.82 Å². The maximum atomic E-state index is 12.6. The predicted octanol–water partition coefficient (Wildman–Crippen LogP) is 3.11. The van der Waals surface area contributed by atoms with Gasteiger partial charge in [-0.1, -0.05) is 0 Å². The highest BCUT2D eigenvalue weighted by atomic mass is 16.2. The van der Waals surface area contributed by atoms with Gasteiger partial charge < -0.3 is 9.88 Å². The maximum absolute atomic E-state index is 12.6. The number of aryl methyl sites for hydroxylation is 4. The lowest BCUT2D eigenvalue weighted by Gasteiger charge is -2.10. The highest BCUT2D eigenvalue weighted by molar-refractivity contribution is 6.03. The van der Waals surface area contributed by atoms with Crippen LogP contribution < -0.4 is 10.7 Å². The summed E-state index contributed by atoms with van der Waals surface area (Å²) in [6.45, 7) is 7.65. The Bertz CT molecular complexity index is 1010. The maximum Gasteiger partial charge on any atom is 0.262 e. The van der Waals surface area contributed by atoms with Crippen molar-refractivity contribution < 1.29 is 4.79 Å². The van der Waals surface area contributed by atoms with Crippen LogP contribution in [-0.4, -0.2) is 20.4 Å². The lowest BCUT2D eigenvalue weighted by molar-refractivity contribution is 0.102. The quantitative estimate of drug-likeness (QED) is 0.789. The molecule has 3 heterocycles. The number of aromatic nitrogens is 3. The molecule has 0 saturated carbocycles. The zero-order chi connectivity index (χ0) is 18.8. The van der Waals surface area contributed by atoms with E-state index in [2.05, 4.69) is 15.3 Å². The van der Waals surface area contributed by atoms with Crippen molar-refractivity contribution >= 4 is 11.7 Å². The summed E-state index contributed by atoms with van der Waals surface area (Å²) in [7, 11) is 0. The minimum atomic E-state index is -0.494. The Labute approximate surface area is 151 Å². The molecular weight excluding hydrogens is 328 g/mol. The summed E-state index contributed by atoms with van der Waals surface area (Å²) in [4.78, 5) is 33.5. The number of anilines is 1. The molecule has 0 fully saturated rings. The predicted molar refractivity (Wildman–Crippen MR) is 101 cm³/mol. The number of nitrogens with one attached hydrogen (secondary N) is 1. The van der Waals surface area contributed by atoms with Crippen molar-refractivity contribution in [2.24, 2.45) is 0 Å². The molecule has 132 valence electrons. The highest BCUT2D eigenvalue weighted by Gasteiger charge is 2.13. The molecule has 6 heteroatoms. The van der Waals surface area contributed by atoms with Gasteiger partial charge in [-0.05, 0) is 63.1 Å². The molecule has 0 aliphatic rings. The summed E-state index contributed by atoms with van der Waals surface area (Å²) >= 11 is 0. The average Bonchev–Trinajstić information content (AvgIpc) is 2.53. The highest BCUT2D eigenvalue weighted by Crippen LogP contribution is 2.12. The Kier molecular flexibility index (Phi) is 4.67. The molecule has 0 bridgehead atoms. The molecule has 0 radical (unpaired) electrons. The lowest BCUT2D eigenvalue weighted by atomic mass is 10.2. The summed E-state index contributed by atoms with van der Waals surface area (Å²) in [5.41, 5.74) is 3.38. The van der Waals surface area contributed by atoms with Gasteiger partial charge in [0.1, 0.15) is 17.2 Å². The van der Waals surface area contributed by atoms with Crippen LogP contribution in [0.1, 0.15) is 32.9 Å². The Morgan fingerprint density at radius 3 is 2.27 bits per heavy atom. The molecule has 0 saturated heterocycles. The van der Waals surface area contributed by atoms with E-state index in [1.54, 1.807) is 16.8 Å². The van der Waals surface area contributed by atoms with Crippen molar-refractivity contribution in [3.63, 3.8) is 0 Å². The molecule has 0 atom stereocenters. The molecule has 3 rings (SSSR count). The van der Waals surface area contributed by atoms with Crippen LogP contribution >= 0.6 is 0 Å². The Balaban J connectivity index is 1.97. The molecule has 3 aromatic heterocycles. The molecule has 0 aromatic carbocycles. The van der Waals surface area contributed by atoms with Gasteiger partial charge in [0.25, 0.3) is 5.91 Å². The zero-order valence-corrected chi connectivity index (χ0v) is 15.2. The SMILES string of the molecule is Cc1cc(C)nc(NC(=O)c2cn(-c3cc(C)cc(C)n3)ccc2=O)c1. The fraction of sp³-hybridized carbons (Fsp3) is 0.200. The van der Waals surface area contributed by atoms with Crippen molar-refractivity contribution in [1.82, 2.24) is 14.5 Å². The Hall–Kier alpha value is -3.28. The summed E-state index contributed by atoms with van der Waals surface area (Å²) in [6.07, 6.45) is 3.11. The largest absolute Gasteiger partial charge is 0.308 e. The number of hydrogen-bond donors (Lipinski definition) is 1. The van der Waals surface area contributed by atoms with E-state index < -0.39 is 5.91 Å². The van der Waals surface area contributed by atoms with E-state index >= 15 is 0 Å². The molecule has 26 heavy (non-hydrogen) atoms. The number of rotatable bonds is 3. The number of pyridine rings is 3. The van der Waals surface area contributed by atoms with Crippen LogP contribution in [-0.2, 0) is 0 Å². The van der Waals surface area contributed by atoms with Gasteiger partial charge in [0, 0.05) is 29.8 Å². The molecule has 0 aliphatic carbocycles. The summed E-state index contributed by atoms with van der Waals surface area (Å²) in [5, 5.41) is 2.70. The van der Waals surface area contributed by atoms with Crippen molar-refractivity contribution in [1.29, 1.82) is 0 Å². The van der Waals surface area contributed by atoms with E-state index in [-0.39, 0.29) is 11.0 Å². The van der Waals surface area contributed by atoms with E-state index in [0.717, 1.165) is 22.5 Å². The van der Waals surface area contributed by atoms with Crippen molar-refractivity contribution in [2.45, 2.75) is 27.7 Å². The molecule has 1 amide bonds. The molecule has 0 aliphatic heterocycles. The van der Waals surface area contributed by atoms with Crippen LogP contribution in [0.2, 0.25) is 0 Å². The van der Waals surface area contributed by atoms with Gasteiger partial charge in [0.15, 0.2) is 5.43 Å². The molecule has 3 aromatic rings. The molecule has 0 spiro atoms. The first-order valence-electron chi connectivity index (χ1n) is 8.26. The van der Waals surface area contributed by atoms with Crippen LogP contribution in [0.25, 0.3) is 5.82 Å². The van der Waals surface area contributed by atoms with Crippen molar-refractivity contribution in [3.8, 4) is 5.82 Å². The second-order valence-electron chi connectivity index (χ2n) is 6.40. The van der Waals surface area contributed by atoms with Gasteiger partial charge >= 0.3 is 0 Å². The van der Waals surface area contributed by atoms with E-state index in [1.807, 2.05) is 45.9 Å². The first-order valence-corrected chi connectivity index (χ1v) is 8.26. The molecule has 0 unspecified atom stereocenters. The van der Waals surface area contributed by atoms with Crippen LogP contribution in [0.15, 0.2) is 47.5 Å². The Morgan fingerprint density at radius 2 is 1.62 bits per heavy atom. The lowest BCUT2D eigenvalue weighted by Crippen LogP contribution is -2.23. The normalized spacial score (nSPS) is 10.6. The summed E-state index contributed by atoms with van der Waals surface area (Å²) < 4.78 is 1.67. The number of amides is 1. The second-order valence-corrected chi connectivity index (χ2v) is 6.40. The second kappa shape index (κ2) is 6.92. The first kappa shape index (κ1) is 17.5. The third kappa shape index (κ3) is 3.85. The number of hydrogen-bond acceptors (Lipinski definition) is 4. The van der Waals surface area contributed by atoms with Crippen molar-refractivity contribution in [2.75, 3.05) is 5.32 Å². The summed E-state index contributed by atoms with van der Waals surface area (Å²) in [6, 6.07) is 8.90. The van der Waals surface area contributed by atoms with Gasteiger partial charge in [0.2, 0.25) is 0 Å². The number of carbonyl (C=O) groups is 1. The molecular formula is C20H20N4O2. The Morgan fingerprint density at radius 1 is 0.962 bits per heavy atom. The van der Waals surface area contributed by atoms with Crippen LogP contribution in [0.3, 0.4) is 0 Å². The van der Waals surface area contributed by atoms with E-state index in [0.29, 0.717) is 11.6 Å². The molecule has 1 N–H and O–H groups in total. The minimum absolute atomic E-state index is 0.0365. The van der Waals surface area contributed by atoms with Crippen LogP contribution in [0, 0.1) is 27.7 Å². The topological polar surface area (TPSA) is 76.9 Å². The monoisotopic (exact) mass is 348 g/mol. The third-order valence-electron chi connectivity index (χ3n) is 3.85. The average molecular weight is 348 g/mol. The van der Waals surface area contributed by atoms with Gasteiger partial charge in [-0.25, -0.2) is 9.97 Å². The number of nitrogens with zero attached hydrogens (tertiary/aromatic N) is 3. The third-order valence-corrected chi connectivity index (χ3v) is 3.85. The van der Waals surface area contributed by atoms with Gasteiger partial charge in [-0.2, -0.15) is 0 Å². The fourth-order valence-electron chi connectivity index (χ4n) is 2.84. The first-order chi connectivity index (χ1) is 12.3. The van der Waals surface area contributed by atoms with E-state index in [9.17, 15) is 9.59 Å². The van der Waals surface area contributed by atoms with Crippen molar-refractivity contribution in [3.05, 3.63) is 81.0 Å². The van der Waals surface area contributed by atoms with Gasteiger partial charge in [0.05, 0.1) is 0 Å². The fourth-order valence-corrected chi connectivity index (χ4v) is 2.84. The van der Waals surface area contributed by atoms with E-state index in [4.69, 9.17) is 0 Å². The number of carbonyl (C=O) groups excluding carboxylic acids is 1. The molecule has 6 nitrogen and oxygen atoms in total. The minimum Gasteiger partial charge on any atom is -0.308 e. The van der Waals surface area contributed by atoms with Gasteiger partial charge in [-0.15, -0.1) is 0 Å². The van der Waals surface area contributed by atoms with E-state index in [1.165, 1.54) is 12.3 Å². The van der Waals surface area contributed by atoms with Crippen LogP contribution in [0.5, 0.6) is 0 Å². The standard InChI is InChI=1S/C20H20N4O2/c1-12-7-14(3)21-18(9-12)23-20(26)16-11-24(6-5-17(16)25)19-10-13(2)8-15(4)22-19/h5-11H,1-4H3,(H,21,23,26). The zero-order valence-electron chi connectivity index (χ0n) is 15.2. The van der Waals surface area contributed by atoms with Gasteiger partial charge in [-0.3, -0.25) is 9.59 Å². The smallest absolute Gasteiger partial charge is 0.262 e. The summed E-state index contributed by atoms with van der Waals surface area (Å²) in [5.74, 6) is 0.583.